The molecule has 196 valence electrons. The van der Waals surface area contributed by atoms with Crippen LogP contribution in [0.4, 0.5) is 5.69 Å². The van der Waals surface area contributed by atoms with Crippen molar-refractivity contribution in [1.82, 2.24) is 14.9 Å². The predicted octanol–water partition coefficient (Wildman–Crippen LogP) is 7.82. The van der Waals surface area contributed by atoms with E-state index in [0.29, 0.717) is 29.3 Å². The highest BCUT2D eigenvalue weighted by molar-refractivity contribution is 6.31. The van der Waals surface area contributed by atoms with Crippen molar-refractivity contribution in [3.8, 4) is 5.88 Å². The molecule has 0 aliphatic rings. The van der Waals surface area contributed by atoms with Crippen molar-refractivity contribution in [3.05, 3.63) is 35.4 Å². The lowest BCUT2D eigenvalue weighted by atomic mass is 10.1. The lowest BCUT2D eigenvalue weighted by molar-refractivity contribution is 0.298. The van der Waals surface area contributed by atoms with Crippen molar-refractivity contribution in [2.45, 2.75) is 45.6 Å². The lowest BCUT2D eigenvalue weighted by Crippen LogP contribution is -2.30. The maximum atomic E-state index is 6.25. The summed E-state index contributed by atoms with van der Waals surface area (Å²) in [5.74, 6) is 1.87. The summed E-state index contributed by atoms with van der Waals surface area (Å²) in [5, 5.41) is 5.38. The highest BCUT2D eigenvalue weighted by Gasteiger charge is 2.15. The zero-order valence-electron chi connectivity index (χ0n) is 20.2. The third kappa shape index (κ3) is 9.46. The fraction of sp³-hybridized carbons (Fsp3) is 0.520. The van der Waals surface area contributed by atoms with Crippen LogP contribution in [0.15, 0.2) is 30.3 Å². The summed E-state index contributed by atoms with van der Waals surface area (Å²) >= 11 is 18.1. The van der Waals surface area contributed by atoms with Gasteiger partial charge >= 0.3 is 0 Å². The molecule has 0 aliphatic carbocycles. The van der Waals surface area contributed by atoms with Gasteiger partial charge in [-0.3, -0.25) is 0 Å². The van der Waals surface area contributed by atoms with Crippen LogP contribution in [0.3, 0.4) is 0 Å². The van der Waals surface area contributed by atoms with Crippen molar-refractivity contribution >= 4 is 87.2 Å². The lowest BCUT2D eigenvalue weighted by Gasteiger charge is -2.22. The number of nitrogens with one attached hydrogen (secondary N) is 1. The molecule has 3 aromatic rings. The van der Waals surface area contributed by atoms with Gasteiger partial charge in [0.05, 0.1) is 23.3 Å². The highest BCUT2D eigenvalue weighted by atomic mass is 35.5. The maximum absolute atomic E-state index is 6.25. The Hall–Kier alpha value is -0.950. The first-order valence-corrected chi connectivity index (χ1v) is 13.1. The fourth-order valence-corrected chi connectivity index (χ4v) is 4.48. The second kappa shape index (κ2) is 16.7. The minimum atomic E-state index is 0. The highest BCUT2D eigenvalue weighted by Crippen LogP contribution is 2.33. The second-order valence-corrected chi connectivity index (χ2v) is 9.47. The number of pyridine rings is 2. The summed E-state index contributed by atoms with van der Waals surface area (Å²) in [6.45, 7) is 7.70. The number of unbranched alkanes of at least 4 members (excludes halogenated alkanes) is 1. The van der Waals surface area contributed by atoms with Crippen LogP contribution in [0.2, 0.25) is 5.02 Å². The molecule has 0 radical (unpaired) electrons. The number of aromatic nitrogens is 2. The van der Waals surface area contributed by atoms with Gasteiger partial charge in [0.2, 0.25) is 5.88 Å². The number of hydrogen-bond donors (Lipinski definition) is 1. The van der Waals surface area contributed by atoms with Gasteiger partial charge in [-0.15, -0.1) is 48.0 Å². The van der Waals surface area contributed by atoms with Crippen LogP contribution in [0, 0.1) is 0 Å². The van der Waals surface area contributed by atoms with Gasteiger partial charge in [0.15, 0.2) is 0 Å². The molecule has 1 aromatic carbocycles. The number of ether oxygens (including phenoxy) is 1. The minimum Gasteiger partial charge on any atom is -0.478 e. The maximum Gasteiger partial charge on any atom is 0.213 e. The molecular weight excluding hydrogens is 550 g/mol. The Bertz CT molecular complexity index is 1030. The topological polar surface area (TPSA) is 50.3 Å². The fourth-order valence-electron chi connectivity index (χ4n) is 3.84. The number of benzene rings is 1. The van der Waals surface area contributed by atoms with E-state index in [4.69, 9.17) is 49.5 Å². The van der Waals surface area contributed by atoms with E-state index in [1.807, 2.05) is 30.3 Å². The molecule has 5 nitrogen and oxygen atoms in total. The Kier molecular flexibility index (Phi) is 15.3. The van der Waals surface area contributed by atoms with Gasteiger partial charge in [-0.1, -0.05) is 24.9 Å². The molecular formula is C25H35Cl5N4O. The van der Waals surface area contributed by atoms with Crippen LogP contribution in [0.5, 0.6) is 5.88 Å². The van der Waals surface area contributed by atoms with Crippen molar-refractivity contribution in [2.24, 2.45) is 0 Å². The Morgan fingerprint density at radius 3 is 2.40 bits per heavy atom. The Labute approximate surface area is 236 Å². The van der Waals surface area contributed by atoms with Gasteiger partial charge in [-0.05, 0) is 57.0 Å². The van der Waals surface area contributed by atoms with E-state index >= 15 is 0 Å². The number of rotatable bonds is 14. The molecule has 0 fully saturated rings. The molecule has 0 spiro atoms. The van der Waals surface area contributed by atoms with Gasteiger partial charge in [0.25, 0.3) is 0 Å². The largest absolute Gasteiger partial charge is 0.478 e. The number of halogens is 5. The standard InChI is InChI=1S/C25H33Cl3N4O.2ClH/c1-3-4-16-33-23-10-9-21-25(31-23)24(20-8-7-19(28)17-22(20)30-21)29-18(2)6-5-13-32(14-11-26)15-12-27;;/h7-10,17-18H,3-6,11-16H2,1-2H3,(H,29,30);2*1H. The Morgan fingerprint density at radius 1 is 0.971 bits per heavy atom. The van der Waals surface area contributed by atoms with E-state index in [1.54, 1.807) is 0 Å². The number of fused-ring (bicyclic) bond motifs is 2. The molecule has 1 atom stereocenters. The van der Waals surface area contributed by atoms with Crippen LogP contribution in [0.1, 0.15) is 39.5 Å². The summed E-state index contributed by atoms with van der Waals surface area (Å²) in [6.07, 6.45) is 4.14. The molecule has 1 N–H and O–H groups in total. The quantitative estimate of drug-likeness (QED) is 0.119. The molecule has 0 bridgehead atoms. The molecule has 0 saturated heterocycles. The summed E-state index contributed by atoms with van der Waals surface area (Å²) < 4.78 is 5.87. The van der Waals surface area contributed by atoms with E-state index < -0.39 is 0 Å². The van der Waals surface area contributed by atoms with Crippen molar-refractivity contribution in [2.75, 3.05) is 43.3 Å². The van der Waals surface area contributed by atoms with Crippen LogP contribution in [0.25, 0.3) is 21.9 Å². The van der Waals surface area contributed by atoms with Crippen LogP contribution >= 0.6 is 59.6 Å². The van der Waals surface area contributed by atoms with Gasteiger partial charge in [-0.25, -0.2) is 9.97 Å². The summed E-state index contributed by atoms with van der Waals surface area (Å²) in [4.78, 5) is 11.9. The van der Waals surface area contributed by atoms with Crippen molar-refractivity contribution in [1.29, 1.82) is 0 Å². The predicted molar refractivity (Wildman–Crippen MR) is 157 cm³/mol. The number of hydrogen-bond acceptors (Lipinski definition) is 5. The van der Waals surface area contributed by atoms with Crippen LogP contribution in [-0.2, 0) is 0 Å². The Balaban J connectivity index is 0.00000306. The minimum absolute atomic E-state index is 0. The average Bonchev–Trinajstić information content (AvgIpc) is 2.79. The molecule has 3 rings (SSSR count). The molecule has 35 heavy (non-hydrogen) atoms. The summed E-state index contributed by atoms with van der Waals surface area (Å²) in [7, 11) is 0. The van der Waals surface area contributed by atoms with E-state index in [9.17, 15) is 0 Å². The number of anilines is 1. The average molecular weight is 585 g/mol. The summed E-state index contributed by atoms with van der Waals surface area (Å²) in [6, 6.07) is 9.90. The van der Waals surface area contributed by atoms with Crippen LogP contribution < -0.4 is 10.1 Å². The normalized spacial score (nSPS) is 11.8. The van der Waals surface area contributed by atoms with Gasteiger partial charge in [-0.2, -0.15) is 0 Å². The van der Waals surface area contributed by atoms with Gasteiger partial charge in [0.1, 0.15) is 5.52 Å². The number of alkyl halides is 2. The number of nitrogens with zero attached hydrogens (tertiary/aromatic N) is 3. The van der Waals surface area contributed by atoms with Gasteiger partial charge < -0.3 is 15.0 Å². The molecule has 0 aliphatic heterocycles. The molecule has 10 heteroatoms. The molecule has 0 saturated carbocycles. The second-order valence-electron chi connectivity index (χ2n) is 8.27. The zero-order chi connectivity index (χ0) is 23.6. The van der Waals surface area contributed by atoms with E-state index in [0.717, 1.165) is 72.9 Å². The Morgan fingerprint density at radius 2 is 1.71 bits per heavy atom. The van der Waals surface area contributed by atoms with Crippen LogP contribution in [-0.4, -0.2) is 58.9 Å². The molecule has 2 aromatic heterocycles. The SMILES string of the molecule is CCCCOc1ccc2nc3cc(Cl)ccc3c(NC(C)CCCN(CCCl)CCCl)c2n1.Cl.Cl. The molecule has 0 amide bonds. The first-order valence-electron chi connectivity index (χ1n) is 11.7. The van der Waals surface area contributed by atoms with E-state index in [1.165, 1.54) is 0 Å². The van der Waals surface area contributed by atoms with Crippen molar-refractivity contribution in [3.63, 3.8) is 0 Å². The third-order valence-corrected chi connectivity index (χ3v) is 6.18. The molecule has 2 heterocycles. The summed E-state index contributed by atoms with van der Waals surface area (Å²) in [5.41, 5.74) is 3.45. The van der Waals surface area contributed by atoms with Gasteiger partial charge in [0, 0.05) is 47.4 Å². The van der Waals surface area contributed by atoms with E-state index in [2.05, 4.69) is 24.1 Å². The first kappa shape index (κ1) is 32.1. The first-order chi connectivity index (χ1) is 16.0. The monoisotopic (exact) mass is 582 g/mol. The smallest absolute Gasteiger partial charge is 0.213 e. The van der Waals surface area contributed by atoms with E-state index in [-0.39, 0.29) is 30.9 Å². The zero-order valence-corrected chi connectivity index (χ0v) is 24.1. The third-order valence-electron chi connectivity index (χ3n) is 5.61. The van der Waals surface area contributed by atoms with Crippen molar-refractivity contribution < 1.29 is 4.74 Å². The molecule has 1 unspecified atom stereocenters.